The highest BCUT2D eigenvalue weighted by molar-refractivity contribution is 6.32. The summed E-state index contributed by atoms with van der Waals surface area (Å²) in [7, 11) is 0. The molecule has 0 N–H and O–H groups in total. The van der Waals surface area contributed by atoms with Crippen LogP contribution in [-0.2, 0) is 0 Å². The van der Waals surface area contributed by atoms with E-state index in [1.807, 2.05) is 6.08 Å². The Morgan fingerprint density at radius 1 is 1.12 bits per heavy atom. The molecule has 0 spiro atoms. The van der Waals surface area contributed by atoms with Crippen molar-refractivity contribution in [1.29, 1.82) is 0 Å². The van der Waals surface area contributed by atoms with Gasteiger partial charge in [0.05, 0.1) is 4.87 Å². The topological polar surface area (TPSA) is 0 Å². The van der Waals surface area contributed by atoms with E-state index in [0.29, 0.717) is 5.41 Å². The largest absolute Gasteiger partial charge is 0.114 e. The molecule has 2 bridgehead atoms. The number of rotatable bonds is 1. The molecule has 3 saturated carbocycles. The summed E-state index contributed by atoms with van der Waals surface area (Å²) in [4.78, 5) is -0.156. The molecular formula is C14H18Cl2. The molecule has 3 fully saturated rings. The van der Waals surface area contributed by atoms with Crippen LogP contribution >= 0.6 is 23.2 Å². The van der Waals surface area contributed by atoms with Gasteiger partial charge in [-0.1, -0.05) is 23.8 Å². The van der Waals surface area contributed by atoms with Crippen molar-refractivity contribution >= 4 is 23.2 Å². The van der Waals surface area contributed by atoms with E-state index in [0.717, 1.165) is 17.4 Å². The molecule has 0 aliphatic heterocycles. The van der Waals surface area contributed by atoms with Crippen molar-refractivity contribution in [1.82, 2.24) is 0 Å². The average Bonchev–Trinajstić information content (AvgIpc) is 2.35. The van der Waals surface area contributed by atoms with E-state index in [9.17, 15) is 0 Å². The van der Waals surface area contributed by atoms with Crippen molar-refractivity contribution < 1.29 is 0 Å². The lowest BCUT2D eigenvalue weighted by Gasteiger charge is -2.54. The summed E-state index contributed by atoms with van der Waals surface area (Å²) in [5.41, 5.74) is 0.355. The molecule has 0 nitrogen and oxygen atoms in total. The fourth-order valence-corrected chi connectivity index (χ4v) is 4.42. The number of alkyl halides is 1. The number of hydrogen-bond donors (Lipinski definition) is 0. The Morgan fingerprint density at radius 3 is 2.25 bits per heavy atom. The maximum absolute atomic E-state index is 6.91. The second kappa shape index (κ2) is 3.78. The summed E-state index contributed by atoms with van der Waals surface area (Å²) in [5, 5.41) is 0.845. The minimum absolute atomic E-state index is 0.156. The van der Waals surface area contributed by atoms with Crippen LogP contribution in [0.1, 0.15) is 44.9 Å². The SMILES string of the molecule is ClC1=CCC(Cl)(C23CCC(CC2)CC3)C=C1. The van der Waals surface area contributed by atoms with E-state index >= 15 is 0 Å². The van der Waals surface area contributed by atoms with Crippen molar-refractivity contribution in [2.75, 3.05) is 0 Å². The lowest BCUT2D eigenvalue weighted by Crippen LogP contribution is -2.48. The third-order valence-electron chi connectivity index (χ3n) is 5.08. The van der Waals surface area contributed by atoms with E-state index < -0.39 is 0 Å². The molecule has 0 saturated heterocycles. The second-order valence-corrected chi connectivity index (χ2v) is 6.86. The Bertz CT molecular complexity index is 334. The summed E-state index contributed by atoms with van der Waals surface area (Å²) in [6.45, 7) is 0. The van der Waals surface area contributed by atoms with Crippen LogP contribution in [0.2, 0.25) is 0 Å². The summed E-state index contributed by atoms with van der Waals surface area (Å²) >= 11 is 12.9. The van der Waals surface area contributed by atoms with E-state index in [1.165, 1.54) is 38.5 Å². The molecule has 1 unspecified atom stereocenters. The van der Waals surface area contributed by atoms with E-state index in [-0.39, 0.29) is 4.87 Å². The van der Waals surface area contributed by atoms with Crippen LogP contribution in [0, 0.1) is 11.3 Å². The molecule has 4 rings (SSSR count). The van der Waals surface area contributed by atoms with E-state index in [2.05, 4.69) is 12.2 Å². The van der Waals surface area contributed by atoms with Crippen LogP contribution in [0.15, 0.2) is 23.3 Å². The molecular weight excluding hydrogens is 239 g/mol. The Kier molecular flexibility index (Phi) is 2.64. The first-order valence-corrected chi connectivity index (χ1v) is 7.13. The highest BCUT2D eigenvalue weighted by Crippen LogP contribution is 2.60. The van der Waals surface area contributed by atoms with Gasteiger partial charge in [-0.2, -0.15) is 0 Å². The normalized spacial score (nSPS) is 46.9. The van der Waals surface area contributed by atoms with Crippen LogP contribution < -0.4 is 0 Å². The number of fused-ring (bicyclic) bond motifs is 3. The quantitative estimate of drug-likeness (QED) is 0.579. The van der Waals surface area contributed by atoms with Crippen molar-refractivity contribution in [3.8, 4) is 0 Å². The Balaban J connectivity index is 1.89. The summed E-state index contributed by atoms with van der Waals surface area (Å²) in [6.07, 6.45) is 15.3. The van der Waals surface area contributed by atoms with Gasteiger partial charge in [-0.15, -0.1) is 11.6 Å². The highest BCUT2D eigenvalue weighted by Gasteiger charge is 2.52. The Morgan fingerprint density at radius 2 is 1.75 bits per heavy atom. The molecule has 0 aromatic heterocycles. The van der Waals surface area contributed by atoms with Crippen LogP contribution in [0.3, 0.4) is 0 Å². The van der Waals surface area contributed by atoms with E-state index in [1.54, 1.807) is 0 Å². The van der Waals surface area contributed by atoms with Crippen LogP contribution in [0.25, 0.3) is 0 Å². The number of halogens is 2. The first-order valence-electron chi connectivity index (χ1n) is 6.37. The first-order chi connectivity index (χ1) is 7.64. The lowest BCUT2D eigenvalue weighted by atomic mass is 9.54. The van der Waals surface area contributed by atoms with Crippen LogP contribution in [0.4, 0.5) is 0 Å². The zero-order valence-corrected chi connectivity index (χ0v) is 11.0. The zero-order valence-electron chi connectivity index (χ0n) is 9.52. The smallest absolute Gasteiger partial charge is 0.0720 e. The minimum atomic E-state index is -0.156. The summed E-state index contributed by atoms with van der Waals surface area (Å²) < 4.78 is 0. The fourth-order valence-electron chi connectivity index (χ4n) is 3.86. The molecule has 4 aliphatic rings. The summed E-state index contributed by atoms with van der Waals surface area (Å²) in [5.74, 6) is 0.994. The minimum Gasteiger partial charge on any atom is -0.114 e. The zero-order chi connectivity index (χ0) is 11.2. The molecule has 88 valence electrons. The van der Waals surface area contributed by atoms with Crippen molar-refractivity contribution in [2.45, 2.75) is 49.8 Å². The predicted octanol–water partition coefficient (Wildman–Crippen LogP) is 5.02. The third-order valence-corrected chi connectivity index (χ3v) is 6.04. The van der Waals surface area contributed by atoms with Gasteiger partial charge in [0, 0.05) is 5.03 Å². The first kappa shape index (κ1) is 11.2. The van der Waals surface area contributed by atoms with Crippen LogP contribution in [0.5, 0.6) is 0 Å². The second-order valence-electron chi connectivity index (χ2n) is 5.75. The lowest BCUT2D eigenvalue weighted by molar-refractivity contribution is 0.0383. The molecule has 0 amide bonds. The van der Waals surface area contributed by atoms with Gasteiger partial charge in [0.2, 0.25) is 0 Å². The van der Waals surface area contributed by atoms with Crippen LogP contribution in [-0.4, -0.2) is 4.87 Å². The highest BCUT2D eigenvalue weighted by atomic mass is 35.5. The van der Waals surface area contributed by atoms with E-state index in [4.69, 9.17) is 23.2 Å². The molecule has 2 heteroatoms. The molecule has 4 aliphatic carbocycles. The van der Waals surface area contributed by atoms with Crippen molar-refractivity contribution in [3.05, 3.63) is 23.3 Å². The van der Waals surface area contributed by atoms with Gasteiger partial charge < -0.3 is 0 Å². The van der Waals surface area contributed by atoms with Gasteiger partial charge >= 0.3 is 0 Å². The fraction of sp³-hybridized carbons (Fsp3) is 0.714. The van der Waals surface area contributed by atoms with Gasteiger partial charge in [-0.3, -0.25) is 0 Å². The number of allylic oxidation sites excluding steroid dienone is 4. The molecule has 0 aromatic carbocycles. The average molecular weight is 257 g/mol. The number of hydrogen-bond acceptors (Lipinski definition) is 0. The standard InChI is InChI=1S/C14H18Cl2/c15-12-4-9-14(16,10-5-12)13-6-1-11(2-7-13)3-8-13/h4-5,9,11H,1-3,6-8,10H2. The van der Waals surface area contributed by atoms with Gasteiger partial charge in [-0.05, 0) is 62.4 Å². The van der Waals surface area contributed by atoms with Gasteiger partial charge in [0.25, 0.3) is 0 Å². The van der Waals surface area contributed by atoms with Gasteiger partial charge in [-0.25, -0.2) is 0 Å². The molecule has 0 radical (unpaired) electrons. The molecule has 1 atom stereocenters. The Labute approximate surface area is 108 Å². The maximum Gasteiger partial charge on any atom is 0.0720 e. The van der Waals surface area contributed by atoms with Crippen molar-refractivity contribution in [2.24, 2.45) is 11.3 Å². The maximum atomic E-state index is 6.91. The van der Waals surface area contributed by atoms with Crippen molar-refractivity contribution in [3.63, 3.8) is 0 Å². The monoisotopic (exact) mass is 256 g/mol. The third kappa shape index (κ3) is 1.57. The molecule has 16 heavy (non-hydrogen) atoms. The molecule has 0 heterocycles. The van der Waals surface area contributed by atoms with Gasteiger partial charge in [0.1, 0.15) is 0 Å². The van der Waals surface area contributed by atoms with Gasteiger partial charge in [0.15, 0.2) is 0 Å². The Hall–Kier alpha value is 0.0600. The molecule has 0 aromatic rings. The predicted molar refractivity (Wildman–Crippen MR) is 69.9 cm³/mol. The summed E-state index contributed by atoms with van der Waals surface area (Å²) in [6, 6.07) is 0.